The van der Waals surface area contributed by atoms with Gasteiger partial charge in [0.2, 0.25) is 0 Å². The molecule has 0 radical (unpaired) electrons. The Labute approximate surface area is 165 Å². The third kappa shape index (κ3) is 3.66. The average molecular weight is 390 g/mol. The summed E-state index contributed by atoms with van der Waals surface area (Å²) >= 11 is 0. The van der Waals surface area contributed by atoms with Gasteiger partial charge in [0.05, 0.1) is 6.04 Å². The molecule has 0 spiro atoms. The third-order valence-corrected chi connectivity index (χ3v) is 5.65. The van der Waals surface area contributed by atoms with E-state index in [0.717, 1.165) is 24.3 Å². The van der Waals surface area contributed by atoms with Crippen molar-refractivity contribution in [2.75, 3.05) is 38.6 Å². The Balaban J connectivity index is 0.00000210. The molecule has 3 atom stereocenters. The second-order valence-electron chi connectivity index (χ2n) is 7.48. The number of amides is 1. The van der Waals surface area contributed by atoms with Gasteiger partial charge < -0.3 is 15.1 Å². The zero-order valence-electron chi connectivity index (χ0n) is 15.6. The first-order valence-corrected chi connectivity index (χ1v) is 9.09. The van der Waals surface area contributed by atoms with Gasteiger partial charge in [-0.3, -0.25) is 4.79 Å². The normalized spacial score (nSPS) is 23.7. The summed E-state index contributed by atoms with van der Waals surface area (Å²) in [5.74, 6) is 0.536. The number of fused-ring (bicyclic) bond motifs is 1. The summed E-state index contributed by atoms with van der Waals surface area (Å²) in [5, 5.41) is 3.42. The number of hydrogen-bond donors (Lipinski definition) is 1. The molecule has 2 fully saturated rings. The molecule has 0 bridgehead atoms. The fourth-order valence-corrected chi connectivity index (χ4v) is 4.32. The van der Waals surface area contributed by atoms with Gasteiger partial charge in [0.15, 0.2) is 0 Å². The maximum Gasteiger partial charge on any atom is 0.254 e. The topological polar surface area (TPSA) is 35.6 Å². The number of rotatable bonds is 3. The third-order valence-electron chi connectivity index (χ3n) is 5.65. The lowest BCUT2D eigenvalue weighted by atomic mass is 9.89. The fourth-order valence-electron chi connectivity index (χ4n) is 4.32. The Kier molecular flexibility index (Phi) is 5.72. The van der Waals surface area contributed by atoms with Crippen LogP contribution < -0.4 is 10.2 Å². The van der Waals surface area contributed by atoms with E-state index in [1.165, 1.54) is 6.07 Å². The van der Waals surface area contributed by atoms with E-state index in [-0.39, 0.29) is 30.2 Å². The minimum absolute atomic E-state index is 0. The number of halogens is 2. The highest BCUT2D eigenvalue weighted by Gasteiger charge is 2.46. The summed E-state index contributed by atoms with van der Waals surface area (Å²) in [6.45, 7) is 2.50. The van der Waals surface area contributed by atoms with Gasteiger partial charge in [-0.2, -0.15) is 0 Å². The van der Waals surface area contributed by atoms with E-state index in [1.807, 2.05) is 54.2 Å². The molecule has 6 heteroatoms. The van der Waals surface area contributed by atoms with Gasteiger partial charge in [-0.15, -0.1) is 12.4 Å². The first kappa shape index (κ1) is 19.6. The molecule has 0 saturated carbocycles. The first-order valence-electron chi connectivity index (χ1n) is 9.09. The molecular weight excluding hydrogens is 365 g/mol. The monoisotopic (exact) mass is 389 g/mol. The molecule has 0 unspecified atom stereocenters. The Morgan fingerprint density at radius 2 is 1.89 bits per heavy atom. The van der Waals surface area contributed by atoms with E-state index in [4.69, 9.17) is 0 Å². The Hall–Kier alpha value is -2.11. The largest absolute Gasteiger partial charge is 0.378 e. The number of likely N-dealkylation sites (tertiary alicyclic amines) is 1. The number of benzene rings is 2. The molecule has 2 aromatic carbocycles. The van der Waals surface area contributed by atoms with Crippen LogP contribution in [0.25, 0.3) is 0 Å². The highest BCUT2D eigenvalue weighted by Crippen LogP contribution is 2.43. The predicted octanol–water partition coefficient (Wildman–Crippen LogP) is 3.35. The number of nitrogens with zero attached hydrogens (tertiary/aromatic N) is 2. The highest BCUT2D eigenvalue weighted by molar-refractivity contribution is 5.95. The Bertz CT molecular complexity index is 811. The van der Waals surface area contributed by atoms with Crippen LogP contribution in [0.4, 0.5) is 10.1 Å². The number of hydrogen-bond acceptors (Lipinski definition) is 3. The number of carbonyl (C=O) groups is 1. The number of nitrogens with one attached hydrogen (secondary N) is 1. The lowest BCUT2D eigenvalue weighted by Crippen LogP contribution is -2.34. The van der Waals surface area contributed by atoms with Gasteiger partial charge >= 0.3 is 0 Å². The summed E-state index contributed by atoms with van der Waals surface area (Å²) in [7, 11) is 3.96. The zero-order valence-corrected chi connectivity index (χ0v) is 16.4. The van der Waals surface area contributed by atoms with E-state index in [1.54, 1.807) is 12.1 Å². The molecule has 2 aromatic rings. The van der Waals surface area contributed by atoms with Crippen LogP contribution >= 0.6 is 12.4 Å². The van der Waals surface area contributed by atoms with Crippen molar-refractivity contribution in [2.45, 2.75) is 6.04 Å². The van der Waals surface area contributed by atoms with Crippen LogP contribution in [-0.2, 0) is 0 Å². The Morgan fingerprint density at radius 3 is 2.56 bits per heavy atom. The van der Waals surface area contributed by atoms with Crippen molar-refractivity contribution in [1.82, 2.24) is 10.2 Å². The van der Waals surface area contributed by atoms with E-state index in [0.29, 0.717) is 23.9 Å². The molecule has 2 aliphatic rings. The molecular formula is C21H25ClFN3O. The summed E-state index contributed by atoms with van der Waals surface area (Å²) < 4.78 is 13.8. The predicted molar refractivity (Wildman–Crippen MR) is 108 cm³/mol. The van der Waals surface area contributed by atoms with Crippen LogP contribution in [0.15, 0.2) is 48.5 Å². The van der Waals surface area contributed by atoms with E-state index >= 15 is 0 Å². The van der Waals surface area contributed by atoms with Crippen molar-refractivity contribution < 1.29 is 9.18 Å². The number of carbonyl (C=O) groups excluding carboxylic acids is 1. The summed E-state index contributed by atoms with van der Waals surface area (Å²) in [5.41, 5.74) is 2.63. The van der Waals surface area contributed by atoms with Crippen LogP contribution in [0.2, 0.25) is 0 Å². The summed E-state index contributed by atoms with van der Waals surface area (Å²) in [6, 6.07) is 14.3. The fraction of sp³-hybridized carbons (Fsp3) is 0.381. The molecule has 2 aliphatic heterocycles. The lowest BCUT2D eigenvalue weighted by Gasteiger charge is -2.28. The van der Waals surface area contributed by atoms with Crippen molar-refractivity contribution in [3.8, 4) is 0 Å². The maximum absolute atomic E-state index is 13.8. The van der Waals surface area contributed by atoms with E-state index < -0.39 is 0 Å². The maximum atomic E-state index is 13.8. The Morgan fingerprint density at radius 1 is 1.15 bits per heavy atom. The van der Waals surface area contributed by atoms with Crippen molar-refractivity contribution in [3.63, 3.8) is 0 Å². The minimum atomic E-state index is -0.250. The molecule has 1 N–H and O–H groups in total. The average Bonchev–Trinajstić information content (AvgIpc) is 3.22. The lowest BCUT2D eigenvalue weighted by molar-refractivity contribution is 0.0714. The molecule has 0 aromatic heterocycles. The molecule has 4 nitrogen and oxygen atoms in total. The molecule has 2 heterocycles. The molecule has 0 aliphatic carbocycles. The smallest absolute Gasteiger partial charge is 0.254 e. The summed E-state index contributed by atoms with van der Waals surface area (Å²) in [4.78, 5) is 17.2. The van der Waals surface area contributed by atoms with Gasteiger partial charge in [-0.1, -0.05) is 12.1 Å². The second kappa shape index (κ2) is 7.87. The van der Waals surface area contributed by atoms with E-state index in [2.05, 4.69) is 5.32 Å². The molecule has 1 amide bonds. The van der Waals surface area contributed by atoms with Gasteiger partial charge in [0, 0.05) is 50.9 Å². The van der Waals surface area contributed by atoms with Gasteiger partial charge in [-0.25, -0.2) is 4.39 Å². The molecule has 144 valence electrons. The quantitative estimate of drug-likeness (QED) is 0.874. The van der Waals surface area contributed by atoms with Crippen molar-refractivity contribution in [3.05, 3.63) is 65.5 Å². The van der Waals surface area contributed by atoms with Crippen LogP contribution in [0.1, 0.15) is 22.0 Å². The van der Waals surface area contributed by atoms with Crippen LogP contribution in [0.5, 0.6) is 0 Å². The van der Waals surface area contributed by atoms with Crippen molar-refractivity contribution in [2.24, 2.45) is 11.8 Å². The molecule has 2 saturated heterocycles. The van der Waals surface area contributed by atoms with Crippen molar-refractivity contribution >= 4 is 24.0 Å². The van der Waals surface area contributed by atoms with Gasteiger partial charge in [0.25, 0.3) is 5.91 Å². The zero-order chi connectivity index (χ0) is 18.3. The van der Waals surface area contributed by atoms with Crippen LogP contribution in [-0.4, -0.2) is 44.5 Å². The van der Waals surface area contributed by atoms with Gasteiger partial charge in [0.1, 0.15) is 5.82 Å². The number of anilines is 1. The van der Waals surface area contributed by atoms with Crippen molar-refractivity contribution in [1.29, 1.82) is 0 Å². The van der Waals surface area contributed by atoms with E-state index in [9.17, 15) is 9.18 Å². The highest BCUT2D eigenvalue weighted by atomic mass is 35.5. The van der Waals surface area contributed by atoms with Crippen LogP contribution in [0, 0.1) is 17.7 Å². The minimum Gasteiger partial charge on any atom is -0.378 e. The molecule has 27 heavy (non-hydrogen) atoms. The summed E-state index contributed by atoms with van der Waals surface area (Å²) in [6.07, 6.45) is 0. The van der Waals surface area contributed by atoms with Crippen LogP contribution in [0.3, 0.4) is 0 Å². The van der Waals surface area contributed by atoms with Gasteiger partial charge in [-0.05, 0) is 47.9 Å². The SMILES string of the molecule is CN(C)c1ccc(C(=O)N2C[C@@H]3CNC[C@@H]3[C@@H]2c2cccc(F)c2)cc1.Cl. The second-order valence-corrected chi connectivity index (χ2v) is 7.48. The standard InChI is InChI=1S/C21H24FN3O.ClH/c1-24(2)18-8-6-14(7-9-18)21(26)25-13-16-11-23-12-19(16)20(25)15-4-3-5-17(22)10-15;/h3-10,16,19-20,23H,11-13H2,1-2H3;1H/t16-,19-,20-;/m0./s1. The first-order chi connectivity index (χ1) is 12.5. The molecule has 4 rings (SSSR count).